The number of nitrogens with one attached hydrogen (secondary N) is 1. The minimum atomic E-state index is -0.862. The summed E-state index contributed by atoms with van der Waals surface area (Å²) in [7, 11) is 0. The van der Waals surface area contributed by atoms with Gasteiger partial charge in [0.25, 0.3) is 0 Å². The monoisotopic (exact) mass is 353 g/mol. The minimum Gasteiger partial charge on any atom is -0.481 e. The van der Waals surface area contributed by atoms with Gasteiger partial charge in [0.05, 0.1) is 11.8 Å². The molecule has 1 aliphatic rings. The summed E-state index contributed by atoms with van der Waals surface area (Å²) in [6.07, 6.45) is 2.18. The zero-order valence-electron chi connectivity index (χ0n) is 12.2. The Kier molecular flexibility index (Phi) is 5.04. The number of anilines is 1. The van der Waals surface area contributed by atoms with E-state index >= 15 is 0 Å². The fraction of sp³-hybridized carbons (Fsp3) is 0.500. The number of amides is 1. The maximum absolute atomic E-state index is 12.4. The molecule has 1 aromatic carbocycles. The van der Waals surface area contributed by atoms with E-state index < -0.39 is 17.8 Å². The Morgan fingerprint density at radius 3 is 2.57 bits per heavy atom. The molecule has 0 spiro atoms. The lowest BCUT2D eigenvalue weighted by Crippen LogP contribution is -2.30. The topological polar surface area (TPSA) is 66.4 Å². The summed E-state index contributed by atoms with van der Waals surface area (Å²) >= 11 is 3.38. The molecule has 0 aliphatic heterocycles. The van der Waals surface area contributed by atoms with E-state index in [1.54, 1.807) is 0 Å². The zero-order chi connectivity index (χ0) is 15.6. The van der Waals surface area contributed by atoms with Crippen molar-refractivity contribution in [3.8, 4) is 0 Å². The van der Waals surface area contributed by atoms with Crippen LogP contribution in [0.3, 0.4) is 0 Å². The van der Waals surface area contributed by atoms with Crippen LogP contribution in [0.15, 0.2) is 22.7 Å². The van der Waals surface area contributed by atoms with Crippen molar-refractivity contribution in [1.29, 1.82) is 0 Å². The molecule has 3 atom stereocenters. The molecule has 0 radical (unpaired) electrons. The molecule has 2 rings (SSSR count). The van der Waals surface area contributed by atoms with Crippen LogP contribution in [0, 0.1) is 24.7 Å². The van der Waals surface area contributed by atoms with E-state index in [9.17, 15) is 14.7 Å². The van der Waals surface area contributed by atoms with Crippen molar-refractivity contribution in [3.05, 3.63) is 28.2 Å². The smallest absolute Gasteiger partial charge is 0.307 e. The standard InChI is InChI=1S/C16H20BrNO3/c1-3-10-7-12(13(8-10)16(20)21)15(19)18-14-5-4-11(17)6-9(14)2/h4-6,10,12-13H,3,7-8H2,1-2H3,(H,18,19)(H,20,21). The van der Waals surface area contributed by atoms with Crippen LogP contribution in [0.25, 0.3) is 0 Å². The molecule has 1 aliphatic carbocycles. The first-order chi connectivity index (χ1) is 9.92. The van der Waals surface area contributed by atoms with E-state index in [1.165, 1.54) is 0 Å². The van der Waals surface area contributed by atoms with Crippen molar-refractivity contribution in [2.75, 3.05) is 5.32 Å². The van der Waals surface area contributed by atoms with E-state index in [1.807, 2.05) is 32.0 Å². The third-order valence-electron chi connectivity index (χ3n) is 4.34. The summed E-state index contributed by atoms with van der Waals surface area (Å²) in [6.45, 7) is 3.96. The lowest BCUT2D eigenvalue weighted by molar-refractivity contribution is -0.145. The van der Waals surface area contributed by atoms with Gasteiger partial charge in [-0.25, -0.2) is 0 Å². The predicted octanol–water partition coefficient (Wildman–Crippen LogP) is 3.83. The first-order valence-electron chi connectivity index (χ1n) is 7.22. The quantitative estimate of drug-likeness (QED) is 0.864. The van der Waals surface area contributed by atoms with Gasteiger partial charge in [0.1, 0.15) is 0 Å². The zero-order valence-corrected chi connectivity index (χ0v) is 13.8. The number of benzene rings is 1. The summed E-state index contributed by atoms with van der Waals surface area (Å²) in [5, 5.41) is 12.2. The van der Waals surface area contributed by atoms with Crippen LogP contribution in [-0.4, -0.2) is 17.0 Å². The Bertz CT molecular complexity index is 558. The van der Waals surface area contributed by atoms with Gasteiger partial charge in [-0.3, -0.25) is 9.59 Å². The summed E-state index contributed by atoms with van der Waals surface area (Å²) in [6, 6.07) is 5.62. The SMILES string of the molecule is CCC1CC(C(=O)O)C(C(=O)Nc2ccc(Br)cc2C)C1. The van der Waals surface area contributed by atoms with Crippen LogP contribution in [0.2, 0.25) is 0 Å². The number of aliphatic carboxylic acids is 1. The van der Waals surface area contributed by atoms with Crippen LogP contribution in [-0.2, 0) is 9.59 Å². The number of halogens is 1. The molecule has 5 heteroatoms. The van der Waals surface area contributed by atoms with Gasteiger partial charge in [-0.2, -0.15) is 0 Å². The van der Waals surface area contributed by atoms with E-state index in [-0.39, 0.29) is 5.91 Å². The molecule has 0 bridgehead atoms. The van der Waals surface area contributed by atoms with Crippen molar-refractivity contribution in [2.24, 2.45) is 17.8 Å². The molecule has 114 valence electrons. The van der Waals surface area contributed by atoms with Crippen LogP contribution in [0.5, 0.6) is 0 Å². The van der Waals surface area contributed by atoms with Gasteiger partial charge in [-0.15, -0.1) is 0 Å². The lowest BCUT2D eigenvalue weighted by atomic mass is 9.95. The number of aryl methyl sites for hydroxylation is 1. The van der Waals surface area contributed by atoms with Gasteiger partial charge in [0, 0.05) is 10.2 Å². The van der Waals surface area contributed by atoms with Crippen molar-refractivity contribution < 1.29 is 14.7 Å². The molecule has 0 aromatic heterocycles. The molecule has 3 unspecified atom stereocenters. The number of carboxylic acids is 1. The van der Waals surface area contributed by atoms with E-state index in [0.29, 0.717) is 18.8 Å². The third kappa shape index (κ3) is 3.64. The molecule has 4 nitrogen and oxygen atoms in total. The van der Waals surface area contributed by atoms with Gasteiger partial charge >= 0.3 is 5.97 Å². The molecule has 2 N–H and O–H groups in total. The Morgan fingerprint density at radius 1 is 1.33 bits per heavy atom. The highest BCUT2D eigenvalue weighted by Crippen LogP contribution is 2.39. The van der Waals surface area contributed by atoms with Crippen LogP contribution in [0.1, 0.15) is 31.7 Å². The van der Waals surface area contributed by atoms with Crippen molar-refractivity contribution in [1.82, 2.24) is 0 Å². The number of hydrogen-bond donors (Lipinski definition) is 2. The summed E-state index contributed by atoms with van der Waals surface area (Å²) < 4.78 is 0.952. The largest absolute Gasteiger partial charge is 0.481 e. The summed E-state index contributed by atoms with van der Waals surface area (Å²) in [5.74, 6) is -1.71. The van der Waals surface area contributed by atoms with Gasteiger partial charge in [-0.05, 0) is 49.4 Å². The maximum atomic E-state index is 12.4. The van der Waals surface area contributed by atoms with E-state index in [4.69, 9.17) is 0 Å². The summed E-state index contributed by atoms with van der Waals surface area (Å²) in [4.78, 5) is 23.8. The van der Waals surface area contributed by atoms with Crippen LogP contribution < -0.4 is 5.32 Å². The van der Waals surface area contributed by atoms with Crippen molar-refractivity contribution in [3.63, 3.8) is 0 Å². The molecule has 1 amide bonds. The molecule has 21 heavy (non-hydrogen) atoms. The number of carbonyl (C=O) groups excluding carboxylic acids is 1. The highest BCUT2D eigenvalue weighted by molar-refractivity contribution is 9.10. The second-order valence-corrected chi connectivity index (χ2v) is 6.66. The predicted molar refractivity (Wildman–Crippen MR) is 85.1 cm³/mol. The van der Waals surface area contributed by atoms with Gasteiger partial charge in [0.2, 0.25) is 5.91 Å². The highest BCUT2D eigenvalue weighted by Gasteiger charge is 2.42. The Hall–Kier alpha value is -1.36. The normalized spacial score (nSPS) is 24.8. The number of carbonyl (C=O) groups is 2. The van der Waals surface area contributed by atoms with E-state index in [0.717, 1.165) is 22.1 Å². The molecular weight excluding hydrogens is 334 g/mol. The Labute approximate surface area is 133 Å². The van der Waals surface area contributed by atoms with Crippen LogP contribution >= 0.6 is 15.9 Å². The van der Waals surface area contributed by atoms with Crippen LogP contribution in [0.4, 0.5) is 5.69 Å². The Balaban J connectivity index is 2.13. The minimum absolute atomic E-state index is 0.177. The van der Waals surface area contributed by atoms with Gasteiger partial charge in [-0.1, -0.05) is 29.3 Å². The highest BCUT2D eigenvalue weighted by atomic mass is 79.9. The second-order valence-electron chi connectivity index (χ2n) is 5.75. The molecule has 0 heterocycles. The number of carboxylic acid groups (broad SMARTS) is 1. The average Bonchev–Trinajstić information content (AvgIpc) is 2.86. The number of hydrogen-bond acceptors (Lipinski definition) is 2. The molecule has 0 saturated heterocycles. The third-order valence-corrected chi connectivity index (χ3v) is 4.83. The van der Waals surface area contributed by atoms with Gasteiger partial charge in [0.15, 0.2) is 0 Å². The van der Waals surface area contributed by atoms with E-state index in [2.05, 4.69) is 21.2 Å². The Morgan fingerprint density at radius 2 is 2.00 bits per heavy atom. The fourth-order valence-electron chi connectivity index (χ4n) is 3.03. The molecule has 1 aromatic rings. The lowest BCUT2D eigenvalue weighted by Gasteiger charge is -2.16. The average molecular weight is 354 g/mol. The summed E-state index contributed by atoms with van der Waals surface area (Å²) in [5.41, 5.74) is 1.70. The maximum Gasteiger partial charge on any atom is 0.307 e. The second kappa shape index (κ2) is 6.60. The fourth-order valence-corrected chi connectivity index (χ4v) is 3.51. The van der Waals surface area contributed by atoms with Gasteiger partial charge < -0.3 is 10.4 Å². The molecular formula is C16H20BrNO3. The van der Waals surface area contributed by atoms with Crippen molar-refractivity contribution in [2.45, 2.75) is 33.1 Å². The van der Waals surface area contributed by atoms with Crippen molar-refractivity contribution >= 4 is 33.5 Å². The first-order valence-corrected chi connectivity index (χ1v) is 8.01. The first kappa shape index (κ1) is 16.0. The number of rotatable bonds is 4. The molecule has 1 fully saturated rings. The molecule has 1 saturated carbocycles.